The van der Waals surface area contributed by atoms with Gasteiger partial charge in [-0.2, -0.15) is 0 Å². The summed E-state index contributed by atoms with van der Waals surface area (Å²) in [6.07, 6.45) is -3.52. The van der Waals surface area contributed by atoms with Gasteiger partial charge >= 0.3 is 6.36 Å². The maximum atomic E-state index is 12.9. The van der Waals surface area contributed by atoms with Crippen LogP contribution in [0.4, 0.5) is 13.2 Å². The fourth-order valence-electron chi connectivity index (χ4n) is 6.30. The van der Waals surface area contributed by atoms with Crippen LogP contribution in [0.1, 0.15) is 56.6 Å². The highest BCUT2D eigenvalue weighted by Crippen LogP contribution is 2.69. The van der Waals surface area contributed by atoms with Crippen molar-refractivity contribution in [1.29, 1.82) is 0 Å². The Hall–Kier alpha value is -2.04. The predicted molar refractivity (Wildman–Crippen MR) is 113 cm³/mol. The summed E-state index contributed by atoms with van der Waals surface area (Å²) in [6.45, 7) is 0. The van der Waals surface area contributed by atoms with Crippen LogP contribution in [0.15, 0.2) is 23.4 Å². The summed E-state index contributed by atoms with van der Waals surface area (Å²) in [5.74, 6) is 0.225. The van der Waals surface area contributed by atoms with E-state index >= 15 is 0 Å². The van der Waals surface area contributed by atoms with Crippen molar-refractivity contribution in [2.75, 3.05) is 0 Å². The zero-order chi connectivity index (χ0) is 23.9. The number of alkyl halides is 3. The van der Waals surface area contributed by atoms with Crippen molar-refractivity contribution >= 4 is 23.2 Å². The van der Waals surface area contributed by atoms with E-state index in [9.17, 15) is 23.1 Å². The molecule has 2 N–H and O–H groups in total. The third-order valence-electron chi connectivity index (χ3n) is 8.01. The van der Waals surface area contributed by atoms with E-state index in [1.165, 1.54) is 0 Å². The summed E-state index contributed by atoms with van der Waals surface area (Å²) in [5.41, 5.74) is 1.14. The van der Waals surface area contributed by atoms with Gasteiger partial charge in [-0.3, -0.25) is 9.53 Å². The molecule has 4 fully saturated rings. The van der Waals surface area contributed by atoms with E-state index in [4.69, 9.17) is 21.2 Å². The zero-order valence-corrected chi connectivity index (χ0v) is 18.9. The lowest BCUT2D eigenvalue weighted by atomic mass is 9.37. The van der Waals surface area contributed by atoms with Gasteiger partial charge in [0.25, 0.3) is 5.91 Å². The van der Waals surface area contributed by atoms with Crippen molar-refractivity contribution in [2.45, 2.75) is 81.3 Å². The topological polar surface area (TPSA) is 89.4 Å². The number of rotatable bonds is 5. The number of halogens is 4. The van der Waals surface area contributed by atoms with E-state index in [1.807, 2.05) is 0 Å². The first-order valence-electron chi connectivity index (χ1n) is 11.5. The van der Waals surface area contributed by atoms with Crippen molar-refractivity contribution in [2.24, 2.45) is 16.5 Å². The maximum absolute atomic E-state index is 12.9. The molecule has 7 nitrogen and oxygen atoms in total. The van der Waals surface area contributed by atoms with E-state index in [1.54, 1.807) is 18.2 Å². The van der Waals surface area contributed by atoms with Gasteiger partial charge in [-0.1, -0.05) is 16.8 Å². The van der Waals surface area contributed by atoms with E-state index in [2.05, 4.69) is 15.2 Å². The number of hydrogen-bond acceptors (Lipinski definition) is 6. The number of carbonyl (C=O) groups is 1. The number of amides is 1. The fourth-order valence-corrected chi connectivity index (χ4v) is 6.49. The number of carbonyl (C=O) groups excluding carboxylic acids is 1. The highest BCUT2D eigenvalue weighted by atomic mass is 35.5. The van der Waals surface area contributed by atoms with Crippen molar-refractivity contribution in [3.05, 3.63) is 28.8 Å². The normalized spacial score (nSPS) is 39.9. The van der Waals surface area contributed by atoms with Crippen molar-refractivity contribution in [3.63, 3.8) is 0 Å². The quantitative estimate of drug-likeness (QED) is 0.637. The monoisotopic (exact) mass is 500 g/mol. The lowest BCUT2D eigenvalue weighted by Crippen LogP contribution is -2.77. The van der Waals surface area contributed by atoms with Crippen LogP contribution in [-0.4, -0.2) is 46.9 Å². The fraction of sp³-hybridized carbons (Fsp3) is 0.652. The molecule has 4 saturated carbocycles. The molecular formula is C23H24ClF3N2O5. The average Bonchev–Trinajstić information content (AvgIpc) is 3.14. The van der Waals surface area contributed by atoms with Crippen LogP contribution in [0.5, 0.6) is 5.75 Å². The zero-order valence-electron chi connectivity index (χ0n) is 18.1. The van der Waals surface area contributed by atoms with Gasteiger partial charge in [0, 0.05) is 40.3 Å². The number of benzene rings is 1. The SMILES string of the molecule is O=C(NC12CC(C3=NOC([C@H]4C[C@@H](OC(F)(F)F)C4)C3)(C1)C2)[C@@H]1C[C@@H](O)c2cc(Cl)ccc2O1. The Kier molecular flexibility index (Phi) is 4.93. The number of nitrogens with zero attached hydrogens (tertiary/aromatic N) is 1. The summed E-state index contributed by atoms with van der Waals surface area (Å²) in [6, 6.07) is 4.96. The number of nitrogens with one attached hydrogen (secondary N) is 1. The number of aliphatic hydroxyl groups is 1. The Morgan fingerprint density at radius 3 is 2.68 bits per heavy atom. The second-order valence-corrected chi connectivity index (χ2v) is 10.9. The highest BCUT2D eigenvalue weighted by molar-refractivity contribution is 6.30. The van der Waals surface area contributed by atoms with Gasteiger partial charge in [0.15, 0.2) is 6.10 Å². The Morgan fingerprint density at radius 2 is 1.97 bits per heavy atom. The molecule has 184 valence electrons. The molecule has 3 atom stereocenters. The number of aliphatic hydroxyl groups excluding tert-OH is 1. The summed E-state index contributed by atoms with van der Waals surface area (Å²) < 4.78 is 46.8. The lowest BCUT2D eigenvalue weighted by Gasteiger charge is -2.70. The smallest absolute Gasteiger partial charge is 0.480 e. The van der Waals surface area contributed by atoms with Crippen LogP contribution >= 0.6 is 11.6 Å². The standard InChI is InChI=1S/C23H24ClF3N2O5/c24-12-1-2-16-14(5-12)15(30)6-18(32-16)20(31)28-22-8-21(9-22,10-22)19-7-17(34-29-19)11-3-13(4-11)33-23(25,26)27/h1-2,5,11,13,15,17-18,30H,3-4,6-10H2,(H,28,31)/t11-,13+,15-,17?,18+,21?,22?/m1/s1. The van der Waals surface area contributed by atoms with Crippen LogP contribution in [-0.2, 0) is 14.4 Å². The van der Waals surface area contributed by atoms with E-state index in [0.717, 1.165) is 25.0 Å². The molecule has 2 bridgehead atoms. The van der Waals surface area contributed by atoms with E-state index in [0.29, 0.717) is 35.6 Å². The first-order chi connectivity index (χ1) is 16.0. The third kappa shape index (κ3) is 3.74. The molecule has 0 saturated heterocycles. The second kappa shape index (κ2) is 7.48. The van der Waals surface area contributed by atoms with Gasteiger partial charge in [-0.05, 0) is 50.3 Å². The maximum Gasteiger partial charge on any atom is 0.522 e. The Balaban J connectivity index is 0.988. The Morgan fingerprint density at radius 1 is 1.24 bits per heavy atom. The van der Waals surface area contributed by atoms with Crippen molar-refractivity contribution in [3.8, 4) is 5.75 Å². The average molecular weight is 501 g/mol. The predicted octanol–water partition coefficient (Wildman–Crippen LogP) is 4.02. The Labute approximate surface area is 198 Å². The summed E-state index contributed by atoms with van der Waals surface area (Å²) >= 11 is 5.98. The molecule has 1 amide bonds. The highest BCUT2D eigenvalue weighted by Gasteiger charge is 2.71. The molecule has 11 heteroatoms. The van der Waals surface area contributed by atoms with E-state index < -0.39 is 24.7 Å². The Bertz CT molecular complexity index is 1040. The number of fused-ring (bicyclic) bond motifs is 1. The number of oxime groups is 1. The summed E-state index contributed by atoms with van der Waals surface area (Å²) in [7, 11) is 0. The largest absolute Gasteiger partial charge is 0.522 e. The first kappa shape index (κ1) is 22.4. The summed E-state index contributed by atoms with van der Waals surface area (Å²) in [5, 5.41) is 18.3. The molecule has 0 radical (unpaired) electrons. The van der Waals surface area contributed by atoms with Gasteiger partial charge in [-0.15, -0.1) is 13.2 Å². The van der Waals surface area contributed by atoms with Gasteiger partial charge < -0.3 is 20.0 Å². The first-order valence-corrected chi connectivity index (χ1v) is 11.8. The number of ether oxygens (including phenoxy) is 2. The molecule has 0 aromatic heterocycles. The lowest BCUT2D eigenvalue weighted by molar-refractivity contribution is -0.356. The molecule has 0 spiro atoms. The van der Waals surface area contributed by atoms with Crippen LogP contribution < -0.4 is 10.1 Å². The molecule has 4 aliphatic carbocycles. The molecule has 1 aromatic rings. The molecule has 2 heterocycles. The minimum Gasteiger partial charge on any atom is -0.480 e. The molecule has 1 aromatic carbocycles. The van der Waals surface area contributed by atoms with Crippen LogP contribution in [0.3, 0.4) is 0 Å². The van der Waals surface area contributed by atoms with E-state index in [-0.39, 0.29) is 35.3 Å². The summed E-state index contributed by atoms with van der Waals surface area (Å²) in [4.78, 5) is 18.4. The molecule has 34 heavy (non-hydrogen) atoms. The molecule has 1 unspecified atom stereocenters. The molecule has 6 aliphatic rings. The van der Waals surface area contributed by atoms with Crippen LogP contribution in [0.2, 0.25) is 5.02 Å². The van der Waals surface area contributed by atoms with Gasteiger partial charge in [0.1, 0.15) is 11.9 Å². The van der Waals surface area contributed by atoms with Gasteiger partial charge in [0.2, 0.25) is 0 Å². The van der Waals surface area contributed by atoms with Crippen molar-refractivity contribution in [1.82, 2.24) is 5.32 Å². The second-order valence-electron chi connectivity index (χ2n) is 10.4. The minimum atomic E-state index is -4.60. The third-order valence-corrected chi connectivity index (χ3v) is 8.25. The van der Waals surface area contributed by atoms with Gasteiger partial charge in [0.05, 0.1) is 17.9 Å². The number of hydrogen-bond donors (Lipinski definition) is 2. The molecule has 2 aliphatic heterocycles. The van der Waals surface area contributed by atoms with Gasteiger partial charge in [-0.25, -0.2) is 0 Å². The molecular weight excluding hydrogens is 477 g/mol. The van der Waals surface area contributed by atoms with Crippen LogP contribution in [0.25, 0.3) is 0 Å². The van der Waals surface area contributed by atoms with Crippen LogP contribution in [0, 0.1) is 11.3 Å². The van der Waals surface area contributed by atoms with Crippen molar-refractivity contribution < 1.29 is 37.4 Å². The minimum absolute atomic E-state index is 0.0160. The molecule has 7 rings (SSSR count).